The topological polar surface area (TPSA) is 69.6 Å². The van der Waals surface area contributed by atoms with Crippen molar-refractivity contribution in [3.63, 3.8) is 0 Å². The first kappa shape index (κ1) is 14.0. The van der Waals surface area contributed by atoms with E-state index >= 15 is 0 Å². The first-order chi connectivity index (χ1) is 8.00. The lowest BCUT2D eigenvalue weighted by Gasteiger charge is -2.12. The van der Waals surface area contributed by atoms with Crippen LogP contribution in [0.4, 0.5) is 0 Å². The van der Waals surface area contributed by atoms with Crippen molar-refractivity contribution in [2.45, 2.75) is 25.7 Å². The van der Waals surface area contributed by atoms with Crippen molar-refractivity contribution in [3.05, 3.63) is 0 Å². The number of rotatable bonds is 6. The molecular weight excluding hydrogens is 220 g/mol. The van der Waals surface area contributed by atoms with Gasteiger partial charge >= 0.3 is 5.97 Å². The number of carbonyl (C=O) groups is 2. The van der Waals surface area contributed by atoms with Crippen LogP contribution in [0.3, 0.4) is 0 Å². The number of carboxylic acids is 1. The van der Waals surface area contributed by atoms with E-state index in [1.165, 1.54) is 0 Å². The Hall–Kier alpha value is -1.10. The van der Waals surface area contributed by atoms with E-state index in [1.807, 2.05) is 14.1 Å². The van der Waals surface area contributed by atoms with Crippen LogP contribution in [-0.4, -0.2) is 49.1 Å². The molecule has 1 saturated carbocycles. The Morgan fingerprint density at radius 3 is 2.47 bits per heavy atom. The quantitative estimate of drug-likeness (QED) is 0.668. The third-order valence-corrected chi connectivity index (χ3v) is 3.23. The van der Waals surface area contributed by atoms with E-state index in [-0.39, 0.29) is 17.7 Å². The van der Waals surface area contributed by atoms with Crippen molar-refractivity contribution < 1.29 is 14.7 Å². The van der Waals surface area contributed by atoms with Crippen LogP contribution in [0.25, 0.3) is 0 Å². The third-order valence-electron chi connectivity index (χ3n) is 3.23. The molecule has 2 N–H and O–H groups in total. The van der Waals surface area contributed by atoms with Crippen molar-refractivity contribution in [1.29, 1.82) is 0 Å². The number of amides is 1. The molecule has 0 aliphatic heterocycles. The van der Waals surface area contributed by atoms with Crippen molar-refractivity contribution in [2.24, 2.45) is 11.8 Å². The highest BCUT2D eigenvalue weighted by atomic mass is 16.4. The Kier molecular flexibility index (Phi) is 5.41. The maximum Gasteiger partial charge on any atom is 0.306 e. The van der Waals surface area contributed by atoms with Gasteiger partial charge in [0.2, 0.25) is 5.91 Å². The number of nitrogens with one attached hydrogen (secondary N) is 1. The first-order valence-corrected chi connectivity index (χ1v) is 6.16. The molecule has 0 bridgehead atoms. The summed E-state index contributed by atoms with van der Waals surface area (Å²) in [6, 6.07) is 0. The summed E-state index contributed by atoms with van der Waals surface area (Å²) in [6.07, 6.45) is 2.75. The molecule has 0 spiro atoms. The lowest BCUT2D eigenvalue weighted by molar-refractivity contribution is -0.141. The molecule has 5 heteroatoms. The van der Waals surface area contributed by atoms with Crippen LogP contribution >= 0.6 is 0 Å². The molecule has 98 valence electrons. The van der Waals surface area contributed by atoms with Crippen molar-refractivity contribution in [1.82, 2.24) is 10.2 Å². The van der Waals surface area contributed by atoms with Crippen LogP contribution in [0, 0.1) is 11.8 Å². The maximum absolute atomic E-state index is 11.7. The van der Waals surface area contributed by atoms with E-state index in [1.54, 1.807) is 0 Å². The molecule has 0 aromatic rings. The van der Waals surface area contributed by atoms with E-state index in [0.717, 1.165) is 13.0 Å². The fourth-order valence-electron chi connectivity index (χ4n) is 2.20. The van der Waals surface area contributed by atoms with Gasteiger partial charge in [-0.15, -0.1) is 0 Å². The van der Waals surface area contributed by atoms with Gasteiger partial charge in [-0.25, -0.2) is 0 Å². The normalized spacial score (nSPS) is 23.9. The molecule has 1 aliphatic rings. The van der Waals surface area contributed by atoms with Gasteiger partial charge in [0.05, 0.1) is 5.92 Å². The highest BCUT2D eigenvalue weighted by Crippen LogP contribution is 2.30. The van der Waals surface area contributed by atoms with E-state index in [2.05, 4.69) is 10.2 Å². The van der Waals surface area contributed by atoms with Gasteiger partial charge in [-0.05, 0) is 46.3 Å². The molecule has 1 rings (SSSR count). The molecule has 0 aromatic heterocycles. The van der Waals surface area contributed by atoms with Gasteiger partial charge in [-0.1, -0.05) is 0 Å². The van der Waals surface area contributed by atoms with Gasteiger partial charge in [-0.2, -0.15) is 0 Å². The van der Waals surface area contributed by atoms with Gasteiger partial charge in [0, 0.05) is 12.5 Å². The summed E-state index contributed by atoms with van der Waals surface area (Å²) in [7, 11) is 3.99. The summed E-state index contributed by atoms with van der Waals surface area (Å²) >= 11 is 0. The lowest BCUT2D eigenvalue weighted by atomic mass is 10.0. The summed E-state index contributed by atoms with van der Waals surface area (Å²) in [5, 5.41) is 11.7. The Morgan fingerprint density at radius 1 is 1.29 bits per heavy atom. The number of hydrogen-bond donors (Lipinski definition) is 2. The van der Waals surface area contributed by atoms with Gasteiger partial charge in [0.25, 0.3) is 0 Å². The standard InChI is InChI=1S/C12H22N2O3/c1-14(2)7-3-6-13-11(15)9-4-5-10(8-9)12(16)17/h9-10H,3-8H2,1-2H3,(H,13,15)(H,16,17). The minimum absolute atomic E-state index is 0.0208. The minimum atomic E-state index is -0.770. The Labute approximate surface area is 102 Å². The fraction of sp³-hybridized carbons (Fsp3) is 0.833. The molecule has 5 nitrogen and oxygen atoms in total. The number of aliphatic carboxylic acids is 1. The summed E-state index contributed by atoms with van der Waals surface area (Å²) in [4.78, 5) is 24.6. The van der Waals surface area contributed by atoms with Crippen LogP contribution in [0.2, 0.25) is 0 Å². The van der Waals surface area contributed by atoms with E-state index in [9.17, 15) is 9.59 Å². The van der Waals surface area contributed by atoms with Crippen LogP contribution in [0.5, 0.6) is 0 Å². The number of carboxylic acid groups (broad SMARTS) is 1. The summed E-state index contributed by atoms with van der Waals surface area (Å²) in [5.41, 5.74) is 0. The largest absolute Gasteiger partial charge is 0.481 e. The summed E-state index contributed by atoms with van der Waals surface area (Å²) < 4.78 is 0. The zero-order valence-corrected chi connectivity index (χ0v) is 10.6. The molecule has 0 aromatic carbocycles. The van der Waals surface area contributed by atoms with Crippen molar-refractivity contribution >= 4 is 11.9 Å². The second-order valence-corrected chi connectivity index (χ2v) is 4.99. The Morgan fingerprint density at radius 2 is 1.94 bits per heavy atom. The van der Waals surface area contributed by atoms with Gasteiger partial charge in [0.15, 0.2) is 0 Å². The molecule has 0 saturated heterocycles. The van der Waals surface area contributed by atoms with Crippen LogP contribution < -0.4 is 5.32 Å². The third kappa shape index (κ3) is 4.73. The lowest BCUT2D eigenvalue weighted by Crippen LogP contribution is -2.32. The van der Waals surface area contributed by atoms with Gasteiger partial charge < -0.3 is 15.3 Å². The van der Waals surface area contributed by atoms with Crippen LogP contribution in [0.15, 0.2) is 0 Å². The highest BCUT2D eigenvalue weighted by Gasteiger charge is 2.33. The molecule has 0 radical (unpaired) electrons. The van der Waals surface area contributed by atoms with E-state index in [4.69, 9.17) is 5.11 Å². The minimum Gasteiger partial charge on any atom is -0.481 e. The summed E-state index contributed by atoms with van der Waals surface area (Å²) in [5.74, 6) is -1.18. The average molecular weight is 242 g/mol. The fourth-order valence-corrected chi connectivity index (χ4v) is 2.20. The van der Waals surface area contributed by atoms with Crippen molar-refractivity contribution in [3.8, 4) is 0 Å². The predicted molar refractivity (Wildman–Crippen MR) is 64.6 cm³/mol. The average Bonchev–Trinajstić information content (AvgIpc) is 2.73. The highest BCUT2D eigenvalue weighted by molar-refractivity contribution is 5.80. The molecule has 0 heterocycles. The maximum atomic E-state index is 11.7. The Bertz CT molecular complexity index is 279. The van der Waals surface area contributed by atoms with Gasteiger partial charge in [0.1, 0.15) is 0 Å². The SMILES string of the molecule is CN(C)CCCNC(=O)C1CCC(C(=O)O)C1. The molecule has 17 heavy (non-hydrogen) atoms. The molecule has 2 unspecified atom stereocenters. The first-order valence-electron chi connectivity index (χ1n) is 6.16. The Balaban J connectivity index is 2.19. The smallest absolute Gasteiger partial charge is 0.306 e. The number of carbonyl (C=O) groups excluding carboxylic acids is 1. The van der Waals surface area contributed by atoms with Crippen LogP contribution in [-0.2, 0) is 9.59 Å². The monoisotopic (exact) mass is 242 g/mol. The van der Waals surface area contributed by atoms with Gasteiger partial charge in [-0.3, -0.25) is 9.59 Å². The van der Waals surface area contributed by atoms with E-state index < -0.39 is 5.97 Å². The van der Waals surface area contributed by atoms with Crippen molar-refractivity contribution in [2.75, 3.05) is 27.2 Å². The predicted octanol–water partition coefficient (Wildman–Crippen LogP) is 0.555. The number of hydrogen-bond acceptors (Lipinski definition) is 3. The zero-order valence-electron chi connectivity index (χ0n) is 10.6. The molecule has 1 aliphatic carbocycles. The second kappa shape index (κ2) is 6.59. The second-order valence-electron chi connectivity index (χ2n) is 4.99. The van der Waals surface area contributed by atoms with Crippen LogP contribution in [0.1, 0.15) is 25.7 Å². The number of nitrogens with zero attached hydrogens (tertiary/aromatic N) is 1. The molecule has 1 amide bonds. The zero-order chi connectivity index (χ0) is 12.8. The molecule has 2 atom stereocenters. The molecule has 1 fully saturated rings. The summed E-state index contributed by atoms with van der Waals surface area (Å²) in [6.45, 7) is 1.62. The molecular formula is C12H22N2O3. The van der Waals surface area contributed by atoms with E-state index in [0.29, 0.717) is 25.8 Å².